The van der Waals surface area contributed by atoms with Crippen LogP contribution in [-0.4, -0.2) is 11.7 Å². The number of urea groups is 1. The van der Waals surface area contributed by atoms with Crippen molar-refractivity contribution in [2.24, 2.45) is 10.8 Å². The highest BCUT2D eigenvalue weighted by atomic mass is 16.2. The molecule has 0 aromatic carbocycles. The number of nitrogens with zero attached hydrogens (tertiary/aromatic N) is 1. The topological polar surface area (TPSA) is 67.5 Å². The number of amides is 2. The Bertz CT molecular complexity index is 266. The molecule has 0 unspecified atom stereocenters. The van der Waals surface area contributed by atoms with E-state index in [4.69, 9.17) is 5.73 Å². The zero-order valence-electron chi connectivity index (χ0n) is 7.36. The average Bonchev–Trinajstić information content (AvgIpc) is 2.01. The molecule has 4 nitrogen and oxygen atoms in total. The zero-order chi connectivity index (χ0) is 9.52. The van der Waals surface area contributed by atoms with E-state index >= 15 is 0 Å². The van der Waals surface area contributed by atoms with E-state index in [-0.39, 0.29) is 0 Å². The number of primary amides is 1. The number of rotatable bonds is 1. The third kappa shape index (κ3) is 4.10. The maximum Gasteiger partial charge on any atom is 0.332 e. The Morgan fingerprint density at radius 1 is 1.38 bits per heavy atom. The van der Waals surface area contributed by atoms with E-state index in [0.29, 0.717) is 0 Å². The molecule has 0 aliphatic heterocycles. The standard InChI is InChI=1S/C9H13N3O/c10-9(13)12-11-8-6-4-2-1-3-5-7-8/h2,4-5,7H,1,3,6H2,(H3,10,12,13)/b4-2?,7-5?,11-8+. The lowest BCUT2D eigenvalue weighted by molar-refractivity contribution is 0.249. The number of carbonyl (C=O) groups excluding carboxylic acids is 1. The molecule has 0 spiro atoms. The monoisotopic (exact) mass is 179 g/mol. The molecular formula is C9H13N3O. The molecule has 70 valence electrons. The molecule has 1 rings (SSSR count). The van der Waals surface area contributed by atoms with Gasteiger partial charge in [0.1, 0.15) is 0 Å². The summed E-state index contributed by atoms with van der Waals surface area (Å²) in [5, 5.41) is 3.84. The molecular weight excluding hydrogens is 166 g/mol. The van der Waals surface area contributed by atoms with Gasteiger partial charge in [-0.05, 0) is 18.9 Å². The highest BCUT2D eigenvalue weighted by molar-refractivity contribution is 5.96. The van der Waals surface area contributed by atoms with Gasteiger partial charge in [-0.2, -0.15) is 5.10 Å². The molecule has 1 aliphatic carbocycles. The van der Waals surface area contributed by atoms with Gasteiger partial charge < -0.3 is 5.73 Å². The zero-order valence-corrected chi connectivity index (χ0v) is 7.36. The van der Waals surface area contributed by atoms with Gasteiger partial charge in [0, 0.05) is 6.42 Å². The highest BCUT2D eigenvalue weighted by Gasteiger charge is 1.95. The molecule has 1 aliphatic rings. The lowest BCUT2D eigenvalue weighted by Crippen LogP contribution is -2.25. The number of carbonyl (C=O) groups is 1. The van der Waals surface area contributed by atoms with Crippen molar-refractivity contribution in [1.29, 1.82) is 0 Å². The normalized spacial score (nSPS) is 19.5. The van der Waals surface area contributed by atoms with Crippen LogP contribution in [0.15, 0.2) is 29.4 Å². The van der Waals surface area contributed by atoms with Gasteiger partial charge in [0.25, 0.3) is 0 Å². The van der Waals surface area contributed by atoms with Crippen molar-refractivity contribution in [2.45, 2.75) is 19.3 Å². The number of allylic oxidation sites excluding steroid dienone is 4. The predicted molar refractivity (Wildman–Crippen MR) is 52.3 cm³/mol. The van der Waals surface area contributed by atoms with Gasteiger partial charge in [0.05, 0.1) is 5.71 Å². The molecule has 0 radical (unpaired) electrons. The van der Waals surface area contributed by atoms with Crippen LogP contribution < -0.4 is 11.2 Å². The van der Waals surface area contributed by atoms with Crippen LogP contribution in [0.25, 0.3) is 0 Å². The van der Waals surface area contributed by atoms with Crippen molar-refractivity contribution in [3.05, 3.63) is 24.3 Å². The van der Waals surface area contributed by atoms with Gasteiger partial charge in [-0.25, -0.2) is 10.2 Å². The first-order chi connectivity index (χ1) is 6.29. The molecule has 0 saturated heterocycles. The third-order valence-corrected chi connectivity index (χ3v) is 1.61. The quantitative estimate of drug-likeness (QED) is 0.462. The van der Waals surface area contributed by atoms with Crippen LogP contribution in [0, 0.1) is 0 Å². The summed E-state index contributed by atoms with van der Waals surface area (Å²) >= 11 is 0. The molecule has 0 saturated carbocycles. The minimum absolute atomic E-state index is 0.632. The first-order valence-electron chi connectivity index (χ1n) is 4.22. The summed E-state index contributed by atoms with van der Waals surface area (Å²) in [5.41, 5.74) is 7.90. The summed E-state index contributed by atoms with van der Waals surface area (Å²) < 4.78 is 0. The van der Waals surface area contributed by atoms with Gasteiger partial charge in [0.2, 0.25) is 0 Å². The minimum Gasteiger partial charge on any atom is -0.350 e. The number of hydrogen-bond donors (Lipinski definition) is 2. The fourth-order valence-electron chi connectivity index (χ4n) is 1.01. The molecule has 0 aromatic heterocycles. The van der Waals surface area contributed by atoms with E-state index in [1.807, 2.05) is 18.2 Å². The van der Waals surface area contributed by atoms with E-state index in [2.05, 4.69) is 16.6 Å². The molecule has 0 heterocycles. The minimum atomic E-state index is -0.632. The fourth-order valence-corrected chi connectivity index (χ4v) is 1.01. The Morgan fingerprint density at radius 2 is 2.15 bits per heavy atom. The maximum absolute atomic E-state index is 10.4. The predicted octanol–water partition coefficient (Wildman–Crippen LogP) is 1.31. The Balaban J connectivity index is 2.55. The van der Waals surface area contributed by atoms with E-state index in [0.717, 1.165) is 25.0 Å². The van der Waals surface area contributed by atoms with Crippen molar-refractivity contribution in [2.75, 3.05) is 0 Å². The molecule has 0 atom stereocenters. The summed E-state index contributed by atoms with van der Waals surface area (Å²) in [5.74, 6) is 0. The Morgan fingerprint density at radius 3 is 2.92 bits per heavy atom. The van der Waals surface area contributed by atoms with E-state index in [9.17, 15) is 4.79 Å². The SMILES string of the molecule is NC(=O)N/N=C1/C=CCCC=CC1. The number of hydrazone groups is 1. The number of nitrogens with one attached hydrogen (secondary N) is 1. The second kappa shape index (κ2) is 5.13. The molecule has 0 bridgehead atoms. The Kier molecular flexibility index (Phi) is 3.75. The van der Waals surface area contributed by atoms with Crippen LogP contribution in [0.4, 0.5) is 4.79 Å². The van der Waals surface area contributed by atoms with Gasteiger partial charge in [-0.1, -0.05) is 18.2 Å². The smallest absolute Gasteiger partial charge is 0.332 e. The Hall–Kier alpha value is -1.58. The molecule has 2 amide bonds. The van der Waals surface area contributed by atoms with Crippen molar-refractivity contribution >= 4 is 11.7 Å². The van der Waals surface area contributed by atoms with Gasteiger partial charge >= 0.3 is 6.03 Å². The summed E-state index contributed by atoms with van der Waals surface area (Å²) in [6.45, 7) is 0. The average molecular weight is 179 g/mol. The number of hydrogen-bond acceptors (Lipinski definition) is 2. The van der Waals surface area contributed by atoms with Crippen LogP contribution in [-0.2, 0) is 0 Å². The lowest BCUT2D eigenvalue weighted by Gasteiger charge is -2.00. The fraction of sp³-hybridized carbons (Fsp3) is 0.333. The molecule has 0 aromatic rings. The summed E-state index contributed by atoms with van der Waals surface area (Å²) in [6, 6.07) is -0.632. The third-order valence-electron chi connectivity index (χ3n) is 1.61. The molecule has 4 heteroatoms. The van der Waals surface area contributed by atoms with Gasteiger partial charge in [0.15, 0.2) is 0 Å². The first-order valence-corrected chi connectivity index (χ1v) is 4.22. The first kappa shape index (κ1) is 9.51. The Labute approximate surface area is 77.2 Å². The summed E-state index contributed by atoms with van der Waals surface area (Å²) in [6.07, 6.45) is 10.9. The van der Waals surface area contributed by atoms with Crippen LogP contribution in [0.1, 0.15) is 19.3 Å². The van der Waals surface area contributed by atoms with Crippen LogP contribution >= 0.6 is 0 Å². The van der Waals surface area contributed by atoms with Crippen molar-refractivity contribution < 1.29 is 4.79 Å². The lowest BCUT2D eigenvalue weighted by atomic mass is 10.1. The van der Waals surface area contributed by atoms with E-state index in [1.54, 1.807) is 0 Å². The van der Waals surface area contributed by atoms with Crippen molar-refractivity contribution in [3.8, 4) is 0 Å². The molecule has 3 N–H and O–H groups in total. The van der Waals surface area contributed by atoms with Crippen LogP contribution in [0.5, 0.6) is 0 Å². The maximum atomic E-state index is 10.4. The molecule has 0 fully saturated rings. The van der Waals surface area contributed by atoms with Crippen LogP contribution in [0.3, 0.4) is 0 Å². The van der Waals surface area contributed by atoms with E-state index < -0.39 is 6.03 Å². The highest BCUT2D eigenvalue weighted by Crippen LogP contribution is 2.01. The number of nitrogens with two attached hydrogens (primary N) is 1. The largest absolute Gasteiger partial charge is 0.350 e. The van der Waals surface area contributed by atoms with Crippen molar-refractivity contribution in [3.63, 3.8) is 0 Å². The van der Waals surface area contributed by atoms with Crippen LogP contribution in [0.2, 0.25) is 0 Å². The van der Waals surface area contributed by atoms with E-state index in [1.165, 1.54) is 0 Å². The summed E-state index contributed by atoms with van der Waals surface area (Å²) in [4.78, 5) is 10.4. The molecule has 13 heavy (non-hydrogen) atoms. The van der Waals surface area contributed by atoms with Crippen molar-refractivity contribution in [1.82, 2.24) is 5.43 Å². The second-order valence-electron chi connectivity index (χ2n) is 2.73. The van der Waals surface area contributed by atoms with Gasteiger partial charge in [-0.3, -0.25) is 0 Å². The summed E-state index contributed by atoms with van der Waals surface area (Å²) in [7, 11) is 0. The second-order valence-corrected chi connectivity index (χ2v) is 2.73. The van der Waals surface area contributed by atoms with Gasteiger partial charge in [-0.15, -0.1) is 0 Å².